The van der Waals surface area contributed by atoms with Crippen LogP contribution in [0.2, 0.25) is 0 Å². The SMILES string of the molecule is CC(C)(C)OC(=O)N1CCC(N)CC1.O=S(=O)(O)O.[KH]. The van der Waals surface area contributed by atoms with Crippen molar-refractivity contribution in [3.8, 4) is 0 Å². The summed E-state index contributed by atoms with van der Waals surface area (Å²) in [5.74, 6) is 0. The quantitative estimate of drug-likeness (QED) is 0.420. The Kier molecular flexibility index (Phi) is 11.2. The third-order valence-corrected chi connectivity index (χ3v) is 2.19. The maximum absolute atomic E-state index is 11.6. The first-order valence-corrected chi connectivity index (χ1v) is 7.21. The Bertz CT molecular complexity index is 379. The fourth-order valence-electron chi connectivity index (χ4n) is 1.41. The van der Waals surface area contributed by atoms with Gasteiger partial charge in [-0.25, -0.2) is 4.79 Å². The van der Waals surface area contributed by atoms with Gasteiger partial charge in [-0.1, -0.05) is 0 Å². The standard InChI is InChI=1S/C10H20N2O2.K.H2O4S.H/c1-10(2,3)14-9(13)12-6-4-8(11)5-7-12;;1-5(2,3)4;/h8H,4-7,11H2,1-3H3;;(H2,1,2,3,4);. The van der Waals surface area contributed by atoms with Crippen LogP contribution in [0.3, 0.4) is 0 Å². The minimum absolute atomic E-state index is 0. The second-order valence-electron chi connectivity index (χ2n) is 5.25. The van der Waals surface area contributed by atoms with E-state index in [2.05, 4.69) is 0 Å². The molecule has 0 aromatic carbocycles. The molecule has 0 radical (unpaired) electrons. The van der Waals surface area contributed by atoms with Crippen LogP contribution in [0, 0.1) is 0 Å². The van der Waals surface area contributed by atoms with E-state index in [0.29, 0.717) is 0 Å². The molecular weight excluding hydrogens is 315 g/mol. The van der Waals surface area contributed by atoms with Gasteiger partial charge in [0.1, 0.15) is 5.60 Å². The molecule has 0 saturated carbocycles. The zero-order chi connectivity index (χ0) is 15.3. The summed E-state index contributed by atoms with van der Waals surface area (Å²) < 4.78 is 36.8. The van der Waals surface area contributed by atoms with E-state index in [9.17, 15) is 4.79 Å². The van der Waals surface area contributed by atoms with Gasteiger partial charge in [0.2, 0.25) is 0 Å². The molecule has 0 unspecified atom stereocenters. The Balaban J connectivity index is 0. The van der Waals surface area contributed by atoms with Crippen molar-refractivity contribution in [2.24, 2.45) is 5.73 Å². The maximum atomic E-state index is 11.6. The Hall–Kier alpha value is 0.736. The Morgan fingerprint density at radius 3 is 1.90 bits per heavy atom. The monoisotopic (exact) mass is 338 g/mol. The van der Waals surface area contributed by atoms with Crippen LogP contribution in [-0.4, -0.2) is 105 Å². The average molecular weight is 338 g/mol. The van der Waals surface area contributed by atoms with Crippen LogP contribution in [0.25, 0.3) is 0 Å². The summed E-state index contributed by atoms with van der Waals surface area (Å²) in [7, 11) is -4.67. The molecule has 1 aliphatic heterocycles. The van der Waals surface area contributed by atoms with E-state index < -0.39 is 16.0 Å². The molecule has 1 amide bonds. The van der Waals surface area contributed by atoms with Gasteiger partial charge in [0.05, 0.1) is 0 Å². The fraction of sp³-hybridized carbons (Fsp3) is 0.900. The second kappa shape index (κ2) is 9.69. The molecule has 10 heteroatoms. The number of hydrogen-bond acceptors (Lipinski definition) is 5. The fourth-order valence-corrected chi connectivity index (χ4v) is 1.41. The Labute approximate surface area is 162 Å². The average Bonchev–Trinajstić information content (AvgIpc) is 2.12. The molecule has 116 valence electrons. The third-order valence-electron chi connectivity index (χ3n) is 2.19. The zero-order valence-electron chi connectivity index (χ0n) is 11.4. The molecule has 1 aliphatic rings. The van der Waals surface area contributed by atoms with Crippen LogP contribution >= 0.6 is 0 Å². The van der Waals surface area contributed by atoms with Gasteiger partial charge in [0, 0.05) is 19.1 Å². The summed E-state index contributed by atoms with van der Waals surface area (Å²) in [6, 6.07) is 0.244. The molecule has 20 heavy (non-hydrogen) atoms. The first-order valence-electron chi connectivity index (χ1n) is 5.82. The van der Waals surface area contributed by atoms with Crippen LogP contribution in [0.1, 0.15) is 33.6 Å². The van der Waals surface area contributed by atoms with Crippen LogP contribution in [0.15, 0.2) is 0 Å². The van der Waals surface area contributed by atoms with E-state index in [0.717, 1.165) is 25.9 Å². The van der Waals surface area contributed by atoms with Crippen molar-refractivity contribution < 1.29 is 27.1 Å². The second-order valence-corrected chi connectivity index (χ2v) is 6.15. The van der Waals surface area contributed by atoms with E-state index >= 15 is 0 Å². The number of piperidine rings is 1. The van der Waals surface area contributed by atoms with E-state index in [1.54, 1.807) is 4.90 Å². The molecule has 0 bridgehead atoms. The van der Waals surface area contributed by atoms with Gasteiger partial charge in [-0.15, -0.1) is 0 Å². The van der Waals surface area contributed by atoms with Crippen molar-refractivity contribution in [2.45, 2.75) is 45.3 Å². The summed E-state index contributed by atoms with van der Waals surface area (Å²) in [6.07, 6.45) is 1.53. The van der Waals surface area contributed by atoms with Gasteiger partial charge in [-0.05, 0) is 33.6 Å². The first kappa shape index (κ1) is 23.0. The van der Waals surface area contributed by atoms with Crippen molar-refractivity contribution in [1.82, 2.24) is 4.90 Å². The topological polar surface area (TPSA) is 130 Å². The number of nitrogens with two attached hydrogens (primary N) is 1. The molecule has 1 fully saturated rings. The van der Waals surface area contributed by atoms with Gasteiger partial charge in [0.25, 0.3) is 0 Å². The molecule has 8 nitrogen and oxygen atoms in total. The van der Waals surface area contributed by atoms with Gasteiger partial charge < -0.3 is 15.4 Å². The number of amides is 1. The van der Waals surface area contributed by atoms with Gasteiger partial charge in [0.15, 0.2) is 0 Å². The van der Waals surface area contributed by atoms with Crippen molar-refractivity contribution in [3.05, 3.63) is 0 Å². The first-order chi connectivity index (χ1) is 8.38. The minimum atomic E-state index is -4.67. The molecule has 0 aromatic rings. The van der Waals surface area contributed by atoms with Crippen molar-refractivity contribution in [2.75, 3.05) is 13.1 Å². The normalized spacial score (nSPS) is 16.6. The molecule has 0 atom stereocenters. The predicted molar refractivity (Wildman–Crippen MR) is 76.3 cm³/mol. The number of likely N-dealkylation sites (tertiary alicyclic amines) is 1. The van der Waals surface area contributed by atoms with E-state index in [1.165, 1.54) is 0 Å². The van der Waals surface area contributed by atoms with Gasteiger partial charge >= 0.3 is 67.9 Å². The molecule has 1 saturated heterocycles. The summed E-state index contributed by atoms with van der Waals surface area (Å²) in [5, 5.41) is 0. The molecule has 4 N–H and O–H groups in total. The predicted octanol–water partition coefficient (Wildman–Crippen LogP) is 0.0433. The zero-order valence-corrected chi connectivity index (χ0v) is 12.2. The number of carbonyl (C=O) groups excluding carboxylic acids is 1. The van der Waals surface area contributed by atoms with E-state index in [4.69, 9.17) is 28.0 Å². The molecule has 1 rings (SSSR count). The van der Waals surface area contributed by atoms with Gasteiger partial charge in [-0.3, -0.25) is 9.11 Å². The molecular formula is C10H23KN2O6S. The molecule has 0 aromatic heterocycles. The summed E-state index contributed by atoms with van der Waals surface area (Å²) in [4.78, 5) is 13.3. The van der Waals surface area contributed by atoms with Crippen LogP contribution in [-0.2, 0) is 15.1 Å². The Morgan fingerprint density at radius 2 is 1.60 bits per heavy atom. The van der Waals surface area contributed by atoms with E-state index in [-0.39, 0.29) is 63.5 Å². The van der Waals surface area contributed by atoms with Crippen molar-refractivity contribution in [1.29, 1.82) is 0 Å². The Morgan fingerprint density at radius 1 is 1.25 bits per heavy atom. The summed E-state index contributed by atoms with van der Waals surface area (Å²) >= 11 is 0. The number of nitrogens with zero attached hydrogens (tertiary/aromatic N) is 1. The number of carbonyl (C=O) groups is 1. The molecule has 0 spiro atoms. The van der Waals surface area contributed by atoms with Crippen molar-refractivity contribution in [3.63, 3.8) is 0 Å². The summed E-state index contributed by atoms with van der Waals surface area (Å²) in [5.41, 5.74) is 5.34. The molecule has 1 heterocycles. The number of rotatable bonds is 0. The van der Waals surface area contributed by atoms with Crippen LogP contribution in [0.5, 0.6) is 0 Å². The van der Waals surface area contributed by atoms with Crippen LogP contribution in [0.4, 0.5) is 4.79 Å². The van der Waals surface area contributed by atoms with Gasteiger partial charge in [-0.2, -0.15) is 8.42 Å². The molecule has 0 aliphatic carbocycles. The number of ether oxygens (including phenoxy) is 1. The van der Waals surface area contributed by atoms with Crippen LogP contribution < -0.4 is 5.73 Å². The third kappa shape index (κ3) is 15.1. The van der Waals surface area contributed by atoms with E-state index in [1.807, 2.05) is 20.8 Å². The summed E-state index contributed by atoms with van der Waals surface area (Å²) in [6.45, 7) is 7.06. The number of hydrogen-bond donors (Lipinski definition) is 3. The van der Waals surface area contributed by atoms with Crippen molar-refractivity contribution >= 4 is 67.9 Å².